The van der Waals surface area contributed by atoms with Gasteiger partial charge in [-0.25, -0.2) is 0 Å². The third-order valence-corrected chi connectivity index (χ3v) is 3.44. The summed E-state index contributed by atoms with van der Waals surface area (Å²) >= 11 is 0. The summed E-state index contributed by atoms with van der Waals surface area (Å²) in [4.78, 5) is 14.3. The first kappa shape index (κ1) is 14.6. The molecule has 0 aromatic rings. The van der Waals surface area contributed by atoms with Crippen molar-refractivity contribution in [3.05, 3.63) is 36.1 Å². The molecule has 0 aliphatic carbocycles. The molecule has 1 aliphatic heterocycles. The van der Waals surface area contributed by atoms with Gasteiger partial charge in [0.1, 0.15) is 0 Å². The maximum Gasteiger partial charge on any atom is 0.250 e. The second kappa shape index (κ2) is 7.04. The maximum atomic E-state index is 12.4. The molecular weight excluding hydrogens is 224 g/mol. The van der Waals surface area contributed by atoms with Gasteiger partial charge in [0.15, 0.2) is 0 Å². The monoisotopic (exact) mass is 248 g/mol. The third-order valence-electron chi connectivity index (χ3n) is 3.44. The lowest BCUT2D eigenvalue weighted by atomic mass is 10.1. The SMILES string of the molecule is C=C/C(=C\C=C(/CC)C(=O)N1CCCC1C)NC. The summed E-state index contributed by atoms with van der Waals surface area (Å²) in [7, 11) is 1.84. The topological polar surface area (TPSA) is 32.3 Å². The number of rotatable bonds is 5. The lowest BCUT2D eigenvalue weighted by molar-refractivity contribution is -0.127. The molecule has 3 heteroatoms. The van der Waals surface area contributed by atoms with Crippen LogP contribution >= 0.6 is 0 Å². The van der Waals surface area contributed by atoms with E-state index in [1.54, 1.807) is 6.08 Å². The van der Waals surface area contributed by atoms with Crippen molar-refractivity contribution in [1.82, 2.24) is 10.2 Å². The minimum atomic E-state index is 0.179. The standard InChI is InChI=1S/C15H24N2O/c1-5-13(9-10-14(6-2)16-4)15(18)17-11-7-8-12(17)3/h6,9-10,12,16H,2,5,7-8,11H2,1,3-4H3/b13-9+,14-10+. The second-order valence-corrected chi connectivity index (χ2v) is 4.61. The molecule has 18 heavy (non-hydrogen) atoms. The molecule has 0 radical (unpaired) electrons. The molecule has 0 saturated carbocycles. The van der Waals surface area contributed by atoms with Crippen LogP contribution in [0.3, 0.4) is 0 Å². The van der Waals surface area contributed by atoms with Crippen molar-refractivity contribution in [1.29, 1.82) is 0 Å². The average Bonchev–Trinajstić information content (AvgIpc) is 2.80. The van der Waals surface area contributed by atoms with Crippen LogP contribution in [-0.4, -0.2) is 30.4 Å². The molecule has 1 unspecified atom stereocenters. The van der Waals surface area contributed by atoms with Crippen molar-refractivity contribution in [3.8, 4) is 0 Å². The van der Waals surface area contributed by atoms with Crippen LogP contribution in [-0.2, 0) is 4.79 Å². The van der Waals surface area contributed by atoms with Gasteiger partial charge in [0.2, 0.25) is 5.91 Å². The molecule has 1 atom stereocenters. The van der Waals surface area contributed by atoms with Crippen molar-refractivity contribution < 1.29 is 4.79 Å². The van der Waals surface area contributed by atoms with Crippen LogP contribution < -0.4 is 5.32 Å². The van der Waals surface area contributed by atoms with Gasteiger partial charge < -0.3 is 10.2 Å². The van der Waals surface area contributed by atoms with Crippen LogP contribution in [0.1, 0.15) is 33.1 Å². The van der Waals surface area contributed by atoms with Gasteiger partial charge in [0, 0.05) is 30.9 Å². The Labute approximate surface area is 110 Å². The summed E-state index contributed by atoms with van der Waals surface area (Å²) in [6.07, 6.45) is 8.55. The van der Waals surface area contributed by atoms with E-state index in [-0.39, 0.29) is 5.91 Å². The number of likely N-dealkylation sites (tertiary alicyclic amines) is 1. The fourth-order valence-electron chi connectivity index (χ4n) is 2.20. The maximum absolute atomic E-state index is 12.4. The number of allylic oxidation sites excluding steroid dienone is 3. The summed E-state index contributed by atoms with van der Waals surface area (Å²) in [5, 5.41) is 3.02. The highest BCUT2D eigenvalue weighted by Crippen LogP contribution is 2.20. The predicted molar refractivity (Wildman–Crippen MR) is 76.1 cm³/mol. The second-order valence-electron chi connectivity index (χ2n) is 4.61. The van der Waals surface area contributed by atoms with E-state index in [9.17, 15) is 4.79 Å². The van der Waals surface area contributed by atoms with E-state index in [1.807, 2.05) is 31.0 Å². The Morgan fingerprint density at radius 1 is 1.50 bits per heavy atom. The smallest absolute Gasteiger partial charge is 0.250 e. The van der Waals surface area contributed by atoms with Gasteiger partial charge in [-0.2, -0.15) is 0 Å². The summed E-state index contributed by atoms with van der Waals surface area (Å²) < 4.78 is 0. The molecule has 1 heterocycles. The molecular formula is C15H24N2O. The molecule has 0 bridgehead atoms. The predicted octanol–water partition coefficient (Wildman–Crippen LogP) is 2.62. The lowest BCUT2D eigenvalue weighted by Crippen LogP contribution is -2.34. The Morgan fingerprint density at radius 2 is 2.22 bits per heavy atom. The zero-order valence-electron chi connectivity index (χ0n) is 11.7. The normalized spacial score (nSPS) is 21.1. The van der Waals surface area contributed by atoms with E-state index in [1.165, 1.54) is 0 Å². The first-order valence-electron chi connectivity index (χ1n) is 6.66. The molecule has 1 aliphatic rings. The Bertz CT molecular complexity index is 369. The molecule has 100 valence electrons. The number of amides is 1. The Kier molecular flexibility index (Phi) is 5.69. The number of hydrogen-bond acceptors (Lipinski definition) is 2. The number of hydrogen-bond donors (Lipinski definition) is 1. The number of likely N-dealkylation sites (N-methyl/N-ethyl adjacent to an activating group) is 1. The third kappa shape index (κ3) is 3.49. The minimum absolute atomic E-state index is 0.179. The number of nitrogens with zero attached hydrogens (tertiary/aromatic N) is 1. The fraction of sp³-hybridized carbons (Fsp3) is 0.533. The van der Waals surface area contributed by atoms with E-state index in [2.05, 4.69) is 18.8 Å². The van der Waals surface area contributed by atoms with Gasteiger partial charge in [-0.1, -0.05) is 19.6 Å². The molecule has 1 rings (SSSR count). The van der Waals surface area contributed by atoms with E-state index in [0.717, 1.165) is 37.1 Å². The van der Waals surface area contributed by atoms with Gasteiger partial charge in [0.25, 0.3) is 0 Å². The van der Waals surface area contributed by atoms with Crippen molar-refractivity contribution in [2.45, 2.75) is 39.2 Å². The zero-order valence-corrected chi connectivity index (χ0v) is 11.7. The van der Waals surface area contributed by atoms with Crippen molar-refractivity contribution in [2.75, 3.05) is 13.6 Å². The Morgan fingerprint density at radius 3 is 2.67 bits per heavy atom. The van der Waals surface area contributed by atoms with E-state index >= 15 is 0 Å². The van der Waals surface area contributed by atoms with Gasteiger partial charge in [-0.3, -0.25) is 4.79 Å². The summed E-state index contributed by atoms with van der Waals surface area (Å²) in [6, 6.07) is 0.375. The van der Waals surface area contributed by atoms with Crippen LogP contribution in [0.5, 0.6) is 0 Å². The van der Waals surface area contributed by atoms with Crippen LogP contribution in [0.2, 0.25) is 0 Å². The number of carbonyl (C=O) groups is 1. The summed E-state index contributed by atoms with van der Waals surface area (Å²) in [6.45, 7) is 8.75. The number of carbonyl (C=O) groups excluding carboxylic acids is 1. The summed E-state index contributed by atoms with van der Waals surface area (Å²) in [5.41, 5.74) is 1.78. The zero-order chi connectivity index (χ0) is 13.5. The fourth-order valence-corrected chi connectivity index (χ4v) is 2.20. The highest BCUT2D eigenvalue weighted by atomic mass is 16.2. The lowest BCUT2D eigenvalue weighted by Gasteiger charge is -2.22. The highest BCUT2D eigenvalue weighted by molar-refractivity contribution is 5.94. The molecule has 1 amide bonds. The number of nitrogens with one attached hydrogen (secondary N) is 1. The quantitative estimate of drug-likeness (QED) is 0.599. The van der Waals surface area contributed by atoms with E-state index in [0.29, 0.717) is 6.04 Å². The van der Waals surface area contributed by atoms with E-state index in [4.69, 9.17) is 0 Å². The van der Waals surface area contributed by atoms with Gasteiger partial charge in [-0.05, 0) is 38.3 Å². The average molecular weight is 248 g/mol. The van der Waals surface area contributed by atoms with Crippen LogP contribution in [0.4, 0.5) is 0 Å². The van der Waals surface area contributed by atoms with Crippen LogP contribution in [0.15, 0.2) is 36.1 Å². The van der Waals surface area contributed by atoms with Crippen LogP contribution in [0, 0.1) is 0 Å². The van der Waals surface area contributed by atoms with Gasteiger partial charge >= 0.3 is 0 Å². The van der Waals surface area contributed by atoms with Crippen LogP contribution in [0.25, 0.3) is 0 Å². The van der Waals surface area contributed by atoms with Gasteiger partial charge in [-0.15, -0.1) is 0 Å². The minimum Gasteiger partial charge on any atom is -0.388 e. The highest BCUT2D eigenvalue weighted by Gasteiger charge is 2.26. The molecule has 0 aromatic heterocycles. The van der Waals surface area contributed by atoms with Crippen molar-refractivity contribution in [3.63, 3.8) is 0 Å². The summed E-state index contributed by atoms with van der Waals surface area (Å²) in [5.74, 6) is 0.179. The molecule has 0 spiro atoms. The van der Waals surface area contributed by atoms with Gasteiger partial charge in [0.05, 0.1) is 0 Å². The Hall–Kier alpha value is -1.51. The largest absolute Gasteiger partial charge is 0.388 e. The first-order chi connectivity index (χ1) is 8.63. The first-order valence-corrected chi connectivity index (χ1v) is 6.66. The molecule has 1 saturated heterocycles. The molecule has 1 N–H and O–H groups in total. The molecule has 1 fully saturated rings. The van der Waals surface area contributed by atoms with E-state index < -0.39 is 0 Å². The molecule has 3 nitrogen and oxygen atoms in total. The molecule has 0 aromatic carbocycles. The Balaban J connectivity index is 2.82. The van der Waals surface area contributed by atoms with Crippen molar-refractivity contribution >= 4 is 5.91 Å². The van der Waals surface area contributed by atoms with Crippen molar-refractivity contribution in [2.24, 2.45) is 0 Å².